The van der Waals surface area contributed by atoms with Gasteiger partial charge in [0.15, 0.2) is 16.8 Å². The maximum Gasteiger partial charge on any atom is 2.00 e. The topological polar surface area (TPSA) is 30.2 Å². The van der Waals surface area contributed by atoms with Gasteiger partial charge in [0, 0.05) is 18.1 Å². The first kappa shape index (κ1) is 19.1. The van der Waals surface area contributed by atoms with Crippen LogP contribution in [0.4, 0.5) is 8.78 Å². The number of hydrogen-bond donors (Lipinski definition) is 0. The number of rotatable bonds is 1. The molecule has 2 aliphatic carbocycles. The van der Waals surface area contributed by atoms with E-state index in [0.29, 0.717) is 12.0 Å². The van der Waals surface area contributed by atoms with Crippen molar-refractivity contribution in [3.05, 3.63) is 110 Å². The van der Waals surface area contributed by atoms with E-state index >= 15 is 0 Å². The van der Waals surface area contributed by atoms with Crippen molar-refractivity contribution >= 4 is 11.0 Å². The minimum atomic E-state index is -0.879. The summed E-state index contributed by atoms with van der Waals surface area (Å²) >= 11 is 0. The van der Waals surface area contributed by atoms with Crippen molar-refractivity contribution < 1.29 is 30.3 Å². The zero-order valence-electron chi connectivity index (χ0n) is 12.4. The molecule has 0 aliphatic heterocycles. The Balaban J connectivity index is 0.000000300. The summed E-state index contributed by atoms with van der Waals surface area (Å²) in [6, 6.07) is 2.90. The van der Waals surface area contributed by atoms with E-state index in [2.05, 4.69) is 0 Å². The molecule has 0 bridgehead atoms. The van der Waals surface area contributed by atoms with Crippen molar-refractivity contribution in [2.45, 2.75) is 0 Å². The first-order valence-corrected chi connectivity index (χ1v) is 6.97. The molecule has 1 aromatic heterocycles. The molecule has 1 aromatic carbocycles. The van der Waals surface area contributed by atoms with Crippen LogP contribution in [0.2, 0.25) is 0 Å². The van der Waals surface area contributed by atoms with Crippen LogP contribution < -0.4 is 5.43 Å². The first-order valence-electron chi connectivity index (χ1n) is 6.97. The van der Waals surface area contributed by atoms with Gasteiger partial charge in [-0.05, 0) is 63.9 Å². The molecule has 0 spiro atoms. The second kappa shape index (κ2) is 8.77. The summed E-state index contributed by atoms with van der Waals surface area (Å²) in [5.41, 5.74) is -0.689. The fraction of sp³-hybridized carbons (Fsp3) is 0. The van der Waals surface area contributed by atoms with Crippen molar-refractivity contribution in [3.63, 3.8) is 0 Å². The molecule has 0 amide bonds. The van der Waals surface area contributed by atoms with E-state index < -0.39 is 17.1 Å². The molecule has 2 nitrogen and oxygen atoms in total. The Hall–Kier alpha value is -1.19. The Morgan fingerprint density at radius 2 is 1.38 bits per heavy atom. The second-order valence-electron chi connectivity index (χ2n) is 4.88. The molecule has 2 saturated carbocycles. The molecule has 1 heterocycles. The van der Waals surface area contributed by atoms with Crippen LogP contribution in [0.5, 0.6) is 0 Å². The third kappa shape index (κ3) is 4.46. The molecular weight excluding hydrogens is 354 g/mol. The summed E-state index contributed by atoms with van der Waals surface area (Å²) in [6.07, 6.45) is 17.0. The van der Waals surface area contributed by atoms with Gasteiger partial charge < -0.3 is 4.42 Å². The Kier molecular flexibility index (Phi) is 7.00. The van der Waals surface area contributed by atoms with Crippen molar-refractivity contribution in [1.82, 2.24) is 0 Å². The molecule has 2 aliphatic rings. The molecule has 2 aromatic rings. The molecule has 0 atom stereocenters. The monoisotopic (exact) mass is 366 g/mol. The molecule has 2 fully saturated rings. The average molecular weight is 366 g/mol. The molecule has 0 saturated heterocycles. The van der Waals surface area contributed by atoms with Gasteiger partial charge in [-0.25, -0.2) is 8.78 Å². The Bertz CT molecular complexity index is 724. The van der Waals surface area contributed by atoms with Crippen LogP contribution >= 0.6 is 0 Å². The summed E-state index contributed by atoms with van der Waals surface area (Å²) in [6.45, 7) is 0. The van der Waals surface area contributed by atoms with Gasteiger partial charge in [-0.15, -0.1) is 0 Å². The van der Waals surface area contributed by atoms with Crippen LogP contribution in [-0.4, -0.2) is 0 Å². The van der Waals surface area contributed by atoms with E-state index in [0.717, 1.165) is 6.07 Å². The quantitative estimate of drug-likeness (QED) is 0.718. The number of halogens is 2. The van der Waals surface area contributed by atoms with Gasteiger partial charge in [0.25, 0.3) is 0 Å². The predicted octanol–water partition coefficient (Wildman–Crippen LogP) is 3.84. The fourth-order valence-corrected chi connectivity index (χ4v) is 2.18. The molecule has 10 radical (unpaired) electrons. The van der Waals surface area contributed by atoms with E-state index in [9.17, 15) is 13.6 Å². The zero-order chi connectivity index (χ0) is 16.2. The van der Waals surface area contributed by atoms with Gasteiger partial charge in [0.05, 0.1) is 5.39 Å². The summed E-state index contributed by atoms with van der Waals surface area (Å²) in [5.74, 6) is -0.732. The minimum Gasteiger partial charge on any atom is -0.457 e. The van der Waals surface area contributed by atoms with E-state index in [1.807, 2.05) is 32.1 Å². The standard InChI is InChI=1S/C14H7F2O2.C5H5.Fe/c15-9-5-10-12(17)7-13(8-3-1-2-4-8)18-14(10)11(16)6-9;1-2-4-5-3-1;/h1-7H;1-5H;/q;;+2. The molecular formula is C19H12F2FeO2+2. The number of benzene rings is 1. The van der Waals surface area contributed by atoms with Gasteiger partial charge in [-0.1, -0.05) is 0 Å². The van der Waals surface area contributed by atoms with Crippen molar-refractivity contribution in [3.8, 4) is 0 Å². The normalized spacial score (nSPS) is 17.4. The number of fused-ring (bicyclic) bond motifs is 1. The summed E-state index contributed by atoms with van der Waals surface area (Å²) in [5, 5.41) is -0.0946. The third-order valence-electron chi connectivity index (χ3n) is 3.25. The second-order valence-corrected chi connectivity index (χ2v) is 4.88. The number of hydrogen-bond acceptors (Lipinski definition) is 2. The third-order valence-corrected chi connectivity index (χ3v) is 3.25. The minimum absolute atomic E-state index is 0. The van der Waals surface area contributed by atoms with Crippen LogP contribution in [0.3, 0.4) is 0 Å². The van der Waals surface area contributed by atoms with Gasteiger partial charge in [-0.3, -0.25) is 4.79 Å². The maximum absolute atomic E-state index is 13.6. The van der Waals surface area contributed by atoms with Gasteiger partial charge in [0.2, 0.25) is 0 Å². The Labute approximate surface area is 151 Å². The van der Waals surface area contributed by atoms with E-state index in [-0.39, 0.29) is 33.8 Å². The van der Waals surface area contributed by atoms with Gasteiger partial charge >= 0.3 is 17.1 Å². The fourth-order valence-electron chi connectivity index (χ4n) is 2.18. The smallest absolute Gasteiger partial charge is 0.457 e. The first-order chi connectivity index (χ1) is 11.1. The zero-order valence-corrected chi connectivity index (χ0v) is 13.5. The predicted molar refractivity (Wildman–Crippen MR) is 83.4 cm³/mol. The Morgan fingerprint density at radius 3 is 1.96 bits per heavy atom. The summed E-state index contributed by atoms with van der Waals surface area (Å²) in [7, 11) is 0. The average Bonchev–Trinajstić information content (AvgIpc) is 3.24. The van der Waals surface area contributed by atoms with E-state index in [1.54, 1.807) is 25.7 Å². The van der Waals surface area contributed by atoms with Crippen molar-refractivity contribution in [2.75, 3.05) is 0 Å². The van der Waals surface area contributed by atoms with Crippen molar-refractivity contribution in [2.24, 2.45) is 0 Å². The molecule has 0 unspecified atom stereocenters. The summed E-state index contributed by atoms with van der Waals surface area (Å²) in [4.78, 5) is 11.8. The molecule has 0 N–H and O–H groups in total. The molecule has 4 rings (SSSR count). The molecule has 120 valence electrons. The van der Waals surface area contributed by atoms with Crippen LogP contribution in [0.1, 0.15) is 5.76 Å². The SMILES string of the molecule is O=c1cc([C]2[CH][CH][CH][CH]2)oc2c(F)cc(F)cc12.[CH]1[CH][CH][CH][CH]1.[Fe+2]. The maximum atomic E-state index is 13.6. The Morgan fingerprint density at radius 1 is 0.792 bits per heavy atom. The van der Waals surface area contributed by atoms with E-state index in [4.69, 9.17) is 4.42 Å². The van der Waals surface area contributed by atoms with Crippen LogP contribution in [0, 0.1) is 75.3 Å². The van der Waals surface area contributed by atoms with Gasteiger partial charge in [-0.2, -0.15) is 0 Å². The van der Waals surface area contributed by atoms with Crippen LogP contribution in [-0.2, 0) is 17.1 Å². The van der Waals surface area contributed by atoms with Gasteiger partial charge in [0.1, 0.15) is 11.6 Å². The van der Waals surface area contributed by atoms with E-state index in [1.165, 1.54) is 6.07 Å². The van der Waals surface area contributed by atoms with Crippen LogP contribution in [0.25, 0.3) is 11.0 Å². The van der Waals surface area contributed by atoms with Crippen molar-refractivity contribution in [1.29, 1.82) is 0 Å². The van der Waals surface area contributed by atoms with Crippen LogP contribution in [0.15, 0.2) is 27.4 Å². The molecule has 5 heteroatoms. The summed E-state index contributed by atoms with van der Waals surface area (Å²) < 4.78 is 31.9. The molecule has 24 heavy (non-hydrogen) atoms. The largest absolute Gasteiger partial charge is 2.00 e.